The predicted molar refractivity (Wildman–Crippen MR) is 106 cm³/mol. The maximum atomic E-state index is 6.69. The fourth-order valence-corrected chi connectivity index (χ4v) is 5.05. The van der Waals surface area contributed by atoms with E-state index in [-0.39, 0.29) is 6.04 Å². The van der Waals surface area contributed by atoms with E-state index in [0.717, 1.165) is 53.3 Å². The van der Waals surface area contributed by atoms with E-state index >= 15 is 0 Å². The minimum absolute atomic E-state index is 0.208. The molecular formula is C19H19BrCl2N2. The van der Waals surface area contributed by atoms with Gasteiger partial charge >= 0.3 is 0 Å². The van der Waals surface area contributed by atoms with Crippen molar-refractivity contribution >= 4 is 44.7 Å². The monoisotopic (exact) mass is 424 g/mol. The number of rotatable bonds is 0. The quantitative estimate of drug-likeness (QED) is 0.595. The molecule has 0 bridgehead atoms. The second kappa shape index (κ2) is 6.87. The van der Waals surface area contributed by atoms with Crippen molar-refractivity contribution in [1.29, 1.82) is 0 Å². The molecule has 5 heteroatoms. The fraction of sp³-hybridized carbons (Fsp3) is 0.368. The zero-order valence-corrected chi connectivity index (χ0v) is 16.4. The number of hydrogen-bond acceptors (Lipinski definition) is 2. The normalized spacial score (nSPS) is 23.5. The van der Waals surface area contributed by atoms with Gasteiger partial charge in [0, 0.05) is 26.3 Å². The van der Waals surface area contributed by atoms with E-state index in [9.17, 15) is 0 Å². The molecule has 1 atom stereocenters. The topological polar surface area (TPSA) is 24.1 Å². The first kappa shape index (κ1) is 16.7. The van der Waals surface area contributed by atoms with Crippen molar-refractivity contribution in [2.45, 2.75) is 31.7 Å². The highest BCUT2D eigenvalue weighted by atomic mass is 79.9. The van der Waals surface area contributed by atoms with Crippen LogP contribution < -0.4 is 10.6 Å². The van der Waals surface area contributed by atoms with Crippen LogP contribution in [0.3, 0.4) is 0 Å². The molecule has 0 radical (unpaired) electrons. The Hall–Kier alpha value is -0.740. The lowest BCUT2D eigenvalue weighted by atomic mass is 9.85. The van der Waals surface area contributed by atoms with Gasteiger partial charge in [0.2, 0.25) is 0 Å². The van der Waals surface area contributed by atoms with Gasteiger partial charge in [-0.3, -0.25) is 0 Å². The van der Waals surface area contributed by atoms with Gasteiger partial charge in [-0.05, 0) is 89.6 Å². The van der Waals surface area contributed by atoms with Crippen LogP contribution in [0.15, 0.2) is 40.0 Å². The van der Waals surface area contributed by atoms with Gasteiger partial charge in [0.05, 0.1) is 6.04 Å². The maximum absolute atomic E-state index is 6.69. The molecule has 3 aliphatic rings. The highest BCUT2D eigenvalue weighted by molar-refractivity contribution is 9.11. The Morgan fingerprint density at radius 1 is 1.04 bits per heavy atom. The summed E-state index contributed by atoms with van der Waals surface area (Å²) in [6, 6.07) is 4.18. The second-order valence-electron chi connectivity index (χ2n) is 6.54. The van der Waals surface area contributed by atoms with E-state index in [0.29, 0.717) is 0 Å². The molecule has 1 saturated heterocycles. The molecule has 0 amide bonds. The zero-order chi connectivity index (χ0) is 16.7. The molecule has 2 N–H and O–H groups in total. The molecular weight excluding hydrogens is 407 g/mol. The van der Waals surface area contributed by atoms with Gasteiger partial charge in [0.25, 0.3) is 0 Å². The number of benzene rings is 1. The Labute approximate surface area is 161 Å². The second-order valence-corrected chi connectivity index (χ2v) is 8.30. The molecule has 1 aromatic carbocycles. The van der Waals surface area contributed by atoms with Gasteiger partial charge in [0.1, 0.15) is 0 Å². The molecule has 4 rings (SSSR count). The number of aryl methyl sites for hydroxylation is 1. The van der Waals surface area contributed by atoms with Gasteiger partial charge in [-0.25, -0.2) is 0 Å². The van der Waals surface area contributed by atoms with Gasteiger partial charge < -0.3 is 10.6 Å². The smallest absolute Gasteiger partial charge is 0.0732 e. The third-order valence-electron chi connectivity index (χ3n) is 5.05. The number of dihydropyridines is 1. The first-order chi connectivity index (χ1) is 11.6. The van der Waals surface area contributed by atoms with E-state index in [2.05, 4.69) is 38.7 Å². The van der Waals surface area contributed by atoms with Gasteiger partial charge in [-0.2, -0.15) is 0 Å². The molecule has 24 heavy (non-hydrogen) atoms. The Bertz CT molecular complexity index is 772. The van der Waals surface area contributed by atoms with Crippen LogP contribution in [0, 0.1) is 0 Å². The van der Waals surface area contributed by atoms with E-state index in [1.54, 1.807) is 0 Å². The minimum atomic E-state index is 0.208. The average Bonchev–Trinajstić information content (AvgIpc) is 2.72. The predicted octanol–water partition coefficient (Wildman–Crippen LogP) is 5.21. The number of halogens is 3. The third-order valence-corrected chi connectivity index (χ3v) is 6.02. The van der Waals surface area contributed by atoms with Crippen LogP contribution in [0.5, 0.6) is 0 Å². The summed E-state index contributed by atoms with van der Waals surface area (Å²) in [5.74, 6) is 0. The minimum Gasteiger partial charge on any atom is -0.379 e. The van der Waals surface area contributed by atoms with Crippen LogP contribution in [0.2, 0.25) is 10.0 Å². The van der Waals surface area contributed by atoms with Crippen molar-refractivity contribution in [1.82, 2.24) is 10.6 Å². The molecule has 126 valence electrons. The Morgan fingerprint density at radius 2 is 1.83 bits per heavy atom. The van der Waals surface area contributed by atoms with E-state index in [1.807, 2.05) is 12.3 Å². The summed E-state index contributed by atoms with van der Waals surface area (Å²) >= 11 is 16.6. The Balaban J connectivity index is 1.93. The van der Waals surface area contributed by atoms with Crippen molar-refractivity contribution in [3.8, 4) is 0 Å². The van der Waals surface area contributed by atoms with Crippen molar-refractivity contribution in [2.75, 3.05) is 13.1 Å². The van der Waals surface area contributed by atoms with E-state index in [1.165, 1.54) is 27.8 Å². The van der Waals surface area contributed by atoms with Crippen LogP contribution in [0.1, 0.15) is 30.4 Å². The highest BCUT2D eigenvalue weighted by Crippen LogP contribution is 2.43. The number of allylic oxidation sites excluding steroid dienone is 2. The van der Waals surface area contributed by atoms with Gasteiger partial charge in [0.15, 0.2) is 0 Å². The van der Waals surface area contributed by atoms with Crippen LogP contribution in [0.4, 0.5) is 0 Å². The molecule has 0 saturated carbocycles. The molecule has 0 spiro atoms. The highest BCUT2D eigenvalue weighted by Gasteiger charge is 2.31. The molecule has 1 aromatic rings. The summed E-state index contributed by atoms with van der Waals surface area (Å²) in [6.45, 7) is 2.06. The number of fused-ring (bicyclic) bond motifs is 2. The van der Waals surface area contributed by atoms with Crippen LogP contribution in [-0.2, 0) is 6.42 Å². The van der Waals surface area contributed by atoms with Crippen LogP contribution in [-0.4, -0.2) is 19.1 Å². The molecule has 0 aromatic heterocycles. The number of piperidine rings is 1. The first-order valence-corrected chi connectivity index (χ1v) is 9.91. The van der Waals surface area contributed by atoms with Crippen molar-refractivity contribution in [2.24, 2.45) is 0 Å². The first-order valence-electron chi connectivity index (χ1n) is 8.36. The summed E-state index contributed by atoms with van der Waals surface area (Å²) in [5, 5.41) is 8.54. The lowest BCUT2D eigenvalue weighted by molar-refractivity contribution is 0.606. The summed E-state index contributed by atoms with van der Waals surface area (Å²) < 4.78 is 1.10. The molecule has 2 nitrogen and oxygen atoms in total. The van der Waals surface area contributed by atoms with E-state index < -0.39 is 0 Å². The molecule has 1 fully saturated rings. The van der Waals surface area contributed by atoms with Gasteiger partial charge in [-0.1, -0.05) is 28.8 Å². The average molecular weight is 426 g/mol. The zero-order valence-electron chi connectivity index (χ0n) is 13.3. The Kier molecular flexibility index (Phi) is 4.79. The van der Waals surface area contributed by atoms with Crippen LogP contribution in [0.25, 0.3) is 5.57 Å². The number of hydrogen-bond donors (Lipinski definition) is 2. The fourth-order valence-electron chi connectivity index (χ4n) is 3.99. The molecule has 1 aliphatic carbocycles. The van der Waals surface area contributed by atoms with E-state index in [4.69, 9.17) is 23.2 Å². The maximum Gasteiger partial charge on any atom is 0.0732 e. The molecule has 1 unspecified atom stereocenters. The van der Waals surface area contributed by atoms with Crippen molar-refractivity contribution in [3.05, 3.63) is 61.2 Å². The molecule has 2 aliphatic heterocycles. The van der Waals surface area contributed by atoms with Gasteiger partial charge in [-0.15, -0.1) is 0 Å². The lowest BCUT2D eigenvalue weighted by Gasteiger charge is -2.30. The standard InChI is InChI=1S/C19H19BrCl2N2/c20-14-7-13-2-1-12-8-15(21)9-16(22)17(12)18(19(13)24-10-14)11-3-5-23-6-4-11/h7-10,19,23-24H,1-6H2. The third kappa shape index (κ3) is 3.08. The summed E-state index contributed by atoms with van der Waals surface area (Å²) in [5.41, 5.74) is 6.75. The lowest BCUT2D eigenvalue weighted by Crippen LogP contribution is -2.33. The largest absolute Gasteiger partial charge is 0.379 e. The summed E-state index contributed by atoms with van der Waals surface area (Å²) in [4.78, 5) is 0. The molecule has 2 heterocycles. The SMILES string of the molecule is Clc1cc(Cl)c2c(c1)CCC1=CC(Br)=CNC1C2=C1CCNCC1. The summed E-state index contributed by atoms with van der Waals surface area (Å²) in [6.07, 6.45) is 8.43. The Morgan fingerprint density at radius 3 is 2.62 bits per heavy atom. The summed E-state index contributed by atoms with van der Waals surface area (Å²) in [7, 11) is 0. The van der Waals surface area contributed by atoms with Crippen LogP contribution >= 0.6 is 39.1 Å². The van der Waals surface area contributed by atoms with Crippen molar-refractivity contribution in [3.63, 3.8) is 0 Å². The number of nitrogens with one attached hydrogen (secondary N) is 2. The van der Waals surface area contributed by atoms with Crippen molar-refractivity contribution < 1.29 is 0 Å².